The molecule has 1 atom stereocenters. The van der Waals surface area contributed by atoms with E-state index in [4.69, 9.17) is 11.6 Å². The van der Waals surface area contributed by atoms with Crippen molar-refractivity contribution >= 4 is 34.4 Å². The maximum atomic E-state index is 12.7. The second-order valence-corrected chi connectivity index (χ2v) is 6.95. The summed E-state index contributed by atoms with van der Waals surface area (Å²) in [5.41, 5.74) is 2.21. The quantitative estimate of drug-likeness (QED) is 0.726. The number of likely N-dealkylation sites (tertiary alicyclic amines) is 1. The van der Waals surface area contributed by atoms with Crippen molar-refractivity contribution in [3.63, 3.8) is 0 Å². The van der Waals surface area contributed by atoms with Gasteiger partial charge in [0.05, 0.1) is 34.2 Å². The molecule has 1 saturated heterocycles. The number of halogens is 1. The molecule has 2 N–H and O–H groups in total. The number of fused-ring (bicyclic) bond motifs is 1. The Hall–Kier alpha value is -2.86. The highest BCUT2D eigenvalue weighted by molar-refractivity contribution is 6.33. The number of H-pyrrole nitrogens is 1. The molecular weight excluding hydrogens is 364 g/mol. The lowest BCUT2D eigenvalue weighted by atomic mass is 10.2. The third-order valence-corrected chi connectivity index (χ3v) is 5.14. The van der Waals surface area contributed by atoms with E-state index in [0.29, 0.717) is 17.1 Å². The maximum absolute atomic E-state index is 12.7. The van der Waals surface area contributed by atoms with E-state index in [0.717, 1.165) is 29.7 Å². The maximum Gasteiger partial charge on any atom is 0.253 e. The van der Waals surface area contributed by atoms with Crippen molar-refractivity contribution in [1.82, 2.24) is 20.2 Å². The van der Waals surface area contributed by atoms with Gasteiger partial charge in [-0.2, -0.15) is 0 Å². The number of benzene rings is 2. The van der Waals surface area contributed by atoms with Gasteiger partial charge in [-0.25, -0.2) is 4.98 Å². The minimum Gasteiger partial charge on any atom is -0.343 e. The van der Waals surface area contributed by atoms with Gasteiger partial charge in [-0.3, -0.25) is 9.59 Å². The number of carbonyl (C=O) groups is 2. The van der Waals surface area contributed by atoms with Crippen LogP contribution in [-0.4, -0.2) is 39.8 Å². The second-order valence-electron chi connectivity index (χ2n) is 6.55. The summed E-state index contributed by atoms with van der Waals surface area (Å²) in [4.78, 5) is 34.7. The van der Waals surface area contributed by atoms with E-state index in [1.807, 2.05) is 24.3 Å². The summed E-state index contributed by atoms with van der Waals surface area (Å²) in [5.74, 6) is 0.311. The van der Waals surface area contributed by atoms with E-state index < -0.39 is 0 Å². The van der Waals surface area contributed by atoms with Gasteiger partial charge in [0.25, 0.3) is 5.91 Å². The van der Waals surface area contributed by atoms with Crippen LogP contribution in [0, 0.1) is 0 Å². The molecule has 3 aromatic rings. The standard InChI is InChI=1S/C20H19ClN4O2/c21-14-7-2-1-6-13(14)20(27)22-12-18(26)25-11-5-10-17(25)19-23-15-8-3-4-9-16(15)24-19/h1-4,6-9,17H,5,10-12H2,(H,22,27)(H,23,24). The minimum absolute atomic E-state index is 0.0687. The molecule has 0 radical (unpaired) electrons. The molecule has 138 valence electrons. The van der Waals surface area contributed by atoms with Crippen molar-refractivity contribution in [2.75, 3.05) is 13.1 Å². The van der Waals surface area contributed by atoms with Gasteiger partial charge in [-0.1, -0.05) is 35.9 Å². The predicted molar refractivity (Wildman–Crippen MR) is 104 cm³/mol. The average molecular weight is 383 g/mol. The number of nitrogens with one attached hydrogen (secondary N) is 2. The van der Waals surface area contributed by atoms with E-state index in [1.165, 1.54) is 0 Å². The average Bonchev–Trinajstić information content (AvgIpc) is 3.32. The van der Waals surface area contributed by atoms with Crippen LogP contribution in [0.1, 0.15) is 35.1 Å². The lowest BCUT2D eigenvalue weighted by molar-refractivity contribution is -0.131. The topological polar surface area (TPSA) is 78.1 Å². The molecule has 0 spiro atoms. The fourth-order valence-corrected chi connectivity index (χ4v) is 3.70. The van der Waals surface area contributed by atoms with Crippen LogP contribution in [0.15, 0.2) is 48.5 Å². The SMILES string of the molecule is O=C(NCC(=O)N1CCCC1c1nc2ccccc2[nH]1)c1ccccc1Cl. The van der Waals surface area contributed by atoms with Crippen LogP contribution >= 0.6 is 11.6 Å². The van der Waals surface area contributed by atoms with Gasteiger partial charge in [0, 0.05) is 6.54 Å². The van der Waals surface area contributed by atoms with Crippen molar-refractivity contribution in [3.8, 4) is 0 Å². The lowest BCUT2D eigenvalue weighted by Gasteiger charge is -2.23. The Kier molecular flexibility index (Phi) is 4.81. The molecule has 1 aliphatic heterocycles. The number of hydrogen-bond donors (Lipinski definition) is 2. The minimum atomic E-state index is -0.353. The van der Waals surface area contributed by atoms with Gasteiger partial charge >= 0.3 is 0 Å². The summed E-state index contributed by atoms with van der Waals surface area (Å²) in [7, 11) is 0. The number of carbonyl (C=O) groups excluding carboxylic acids is 2. The molecule has 1 fully saturated rings. The van der Waals surface area contributed by atoms with Crippen LogP contribution in [0.5, 0.6) is 0 Å². The van der Waals surface area contributed by atoms with E-state index in [1.54, 1.807) is 29.2 Å². The van der Waals surface area contributed by atoms with Crippen molar-refractivity contribution in [2.45, 2.75) is 18.9 Å². The van der Waals surface area contributed by atoms with Crippen LogP contribution in [0.2, 0.25) is 5.02 Å². The van der Waals surface area contributed by atoms with Gasteiger partial charge in [0.15, 0.2) is 0 Å². The number of para-hydroxylation sites is 2. The predicted octanol–water partition coefficient (Wildman–Crippen LogP) is 3.31. The van der Waals surface area contributed by atoms with E-state index in [2.05, 4.69) is 15.3 Å². The monoisotopic (exact) mass is 382 g/mol. The number of amides is 2. The Balaban J connectivity index is 1.45. The van der Waals surface area contributed by atoms with Crippen molar-refractivity contribution < 1.29 is 9.59 Å². The zero-order valence-corrected chi connectivity index (χ0v) is 15.4. The third-order valence-electron chi connectivity index (χ3n) is 4.82. The summed E-state index contributed by atoms with van der Waals surface area (Å²) < 4.78 is 0. The molecule has 2 amide bonds. The third kappa shape index (κ3) is 3.53. The van der Waals surface area contributed by atoms with Gasteiger partial charge in [-0.05, 0) is 37.1 Å². The first-order chi connectivity index (χ1) is 13.1. The number of nitrogens with zero attached hydrogens (tertiary/aromatic N) is 2. The molecule has 27 heavy (non-hydrogen) atoms. The first-order valence-electron chi connectivity index (χ1n) is 8.90. The van der Waals surface area contributed by atoms with Crippen LogP contribution in [-0.2, 0) is 4.79 Å². The molecule has 0 aliphatic carbocycles. The van der Waals surface area contributed by atoms with Crippen LogP contribution in [0.25, 0.3) is 11.0 Å². The number of imidazole rings is 1. The summed E-state index contributed by atoms with van der Waals surface area (Å²) in [6.07, 6.45) is 1.76. The normalized spacial score (nSPS) is 16.6. The Bertz CT molecular complexity index is 967. The van der Waals surface area contributed by atoms with Crippen molar-refractivity contribution in [3.05, 3.63) is 64.9 Å². The van der Waals surface area contributed by atoms with Gasteiger partial charge in [0.1, 0.15) is 5.82 Å². The Morgan fingerprint density at radius 3 is 2.78 bits per heavy atom. The Morgan fingerprint density at radius 1 is 1.19 bits per heavy atom. The molecule has 7 heteroatoms. The highest BCUT2D eigenvalue weighted by Gasteiger charge is 2.32. The number of aromatic amines is 1. The second kappa shape index (κ2) is 7.40. The Morgan fingerprint density at radius 2 is 1.96 bits per heavy atom. The molecule has 4 rings (SSSR count). The largest absolute Gasteiger partial charge is 0.343 e. The number of rotatable bonds is 4. The van der Waals surface area contributed by atoms with Crippen LogP contribution in [0.4, 0.5) is 0 Å². The molecule has 1 unspecified atom stereocenters. The van der Waals surface area contributed by atoms with E-state index in [9.17, 15) is 9.59 Å². The number of aromatic nitrogens is 2. The van der Waals surface area contributed by atoms with Crippen molar-refractivity contribution in [2.24, 2.45) is 0 Å². The van der Waals surface area contributed by atoms with Crippen molar-refractivity contribution in [1.29, 1.82) is 0 Å². The molecule has 2 heterocycles. The fraction of sp³-hybridized carbons (Fsp3) is 0.250. The van der Waals surface area contributed by atoms with E-state index in [-0.39, 0.29) is 24.4 Å². The summed E-state index contributed by atoms with van der Waals surface area (Å²) in [6, 6.07) is 14.5. The van der Waals surface area contributed by atoms with Crippen LogP contribution in [0.3, 0.4) is 0 Å². The Labute approximate surface area is 161 Å². The molecule has 0 bridgehead atoms. The van der Waals surface area contributed by atoms with Gasteiger partial charge in [-0.15, -0.1) is 0 Å². The lowest BCUT2D eigenvalue weighted by Crippen LogP contribution is -2.40. The fourth-order valence-electron chi connectivity index (χ4n) is 3.48. The highest BCUT2D eigenvalue weighted by atomic mass is 35.5. The van der Waals surface area contributed by atoms with Crippen LogP contribution < -0.4 is 5.32 Å². The summed E-state index contributed by atoms with van der Waals surface area (Å²) in [5, 5.41) is 3.03. The molecule has 6 nitrogen and oxygen atoms in total. The molecule has 1 aromatic heterocycles. The zero-order chi connectivity index (χ0) is 18.8. The highest BCUT2D eigenvalue weighted by Crippen LogP contribution is 2.31. The van der Waals surface area contributed by atoms with Gasteiger partial charge in [0.2, 0.25) is 5.91 Å². The first kappa shape index (κ1) is 17.5. The smallest absolute Gasteiger partial charge is 0.253 e. The zero-order valence-electron chi connectivity index (χ0n) is 14.6. The van der Waals surface area contributed by atoms with Gasteiger partial charge < -0.3 is 15.2 Å². The molecule has 2 aromatic carbocycles. The molecule has 0 saturated carbocycles. The molecule has 1 aliphatic rings. The molecular formula is C20H19ClN4O2. The first-order valence-corrected chi connectivity index (χ1v) is 9.28. The van der Waals surface area contributed by atoms with E-state index >= 15 is 0 Å². The summed E-state index contributed by atoms with van der Waals surface area (Å²) >= 11 is 6.03. The number of hydrogen-bond acceptors (Lipinski definition) is 3. The summed E-state index contributed by atoms with van der Waals surface area (Å²) in [6.45, 7) is 0.587.